The van der Waals surface area contributed by atoms with Crippen molar-refractivity contribution in [3.63, 3.8) is 0 Å². The fourth-order valence-electron chi connectivity index (χ4n) is 3.49. The third kappa shape index (κ3) is 5.56. The Morgan fingerprint density at radius 2 is 1.97 bits per heavy atom. The molecule has 3 rings (SSSR count). The lowest BCUT2D eigenvalue weighted by Gasteiger charge is -2.42. The summed E-state index contributed by atoms with van der Waals surface area (Å²) in [7, 11) is 0. The van der Waals surface area contributed by atoms with Crippen LogP contribution in [0.2, 0.25) is 0 Å². The molecular weight excluding hydrogens is 456 g/mol. The molecule has 30 heavy (non-hydrogen) atoms. The van der Waals surface area contributed by atoms with E-state index in [9.17, 15) is 14.4 Å². The molecule has 2 N–H and O–H groups in total. The van der Waals surface area contributed by atoms with E-state index in [0.29, 0.717) is 38.4 Å². The minimum atomic E-state index is -0.909. The number of rotatable bonds is 4. The lowest BCUT2D eigenvalue weighted by molar-refractivity contribution is -0.132. The lowest BCUT2D eigenvalue weighted by Crippen LogP contribution is -2.57. The molecule has 0 unspecified atom stereocenters. The van der Waals surface area contributed by atoms with Crippen molar-refractivity contribution in [2.24, 2.45) is 5.92 Å². The maximum atomic E-state index is 12.6. The van der Waals surface area contributed by atoms with Crippen molar-refractivity contribution in [3.8, 4) is 0 Å². The minimum absolute atomic E-state index is 0.0135. The molecule has 1 aromatic carbocycles. The minimum Gasteiger partial charge on any atom is -0.465 e. The number of nitrogens with zero attached hydrogens (tertiary/aromatic N) is 3. The molecule has 0 aromatic heterocycles. The first-order valence-electron chi connectivity index (χ1n) is 9.82. The Balaban J connectivity index is 1.57. The van der Waals surface area contributed by atoms with Gasteiger partial charge in [0.05, 0.1) is 12.2 Å². The Kier molecular flexibility index (Phi) is 6.44. The Labute approximate surface area is 184 Å². The second-order valence-corrected chi connectivity index (χ2v) is 9.46. The van der Waals surface area contributed by atoms with E-state index >= 15 is 0 Å². The number of likely N-dealkylation sites (tertiary alicyclic amines) is 1. The molecule has 1 aromatic rings. The van der Waals surface area contributed by atoms with E-state index in [-0.39, 0.29) is 18.4 Å². The van der Waals surface area contributed by atoms with E-state index in [1.165, 1.54) is 4.90 Å². The zero-order valence-corrected chi connectivity index (χ0v) is 18.9. The van der Waals surface area contributed by atoms with Crippen LogP contribution in [0, 0.1) is 5.92 Å². The van der Waals surface area contributed by atoms with Crippen molar-refractivity contribution in [1.29, 1.82) is 0 Å². The highest BCUT2D eigenvalue weighted by molar-refractivity contribution is 9.10. The summed E-state index contributed by atoms with van der Waals surface area (Å²) in [6.45, 7) is 8.42. The van der Waals surface area contributed by atoms with Gasteiger partial charge in [-0.1, -0.05) is 0 Å². The Morgan fingerprint density at radius 3 is 2.57 bits per heavy atom. The van der Waals surface area contributed by atoms with E-state index in [4.69, 9.17) is 9.84 Å². The largest absolute Gasteiger partial charge is 0.465 e. The second-order valence-electron chi connectivity index (χ2n) is 8.61. The van der Waals surface area contributed by atoms with Crippen molar-refractivity contribution in [2.75, 3.05) is 49.5 Å². The molecule has 0 bridgehead atoms. The molecule has 164 valence electrons. The van der Waals surface area contributed by atoms with Crippen LogP contribution in [0.15, 0.2) is 22.7 Å². The highest BCUT2D eigenvalue weighted by Crippen LogP contribution is 2.29. The molecule has 0 atom stereocenters. The molecular formula is C20H27BrN4O5. The summed E-state index contributed by atoms with van der Waals surface area (Å²) in [4.78, 5) is 40.7. The molecule has 2 aliphatic heterocycles. The zero-order chi connectivity index (χ0) is 22.1. The molecule has 0 saturated carbocycles. The standard InChI is InChI=1S/C20H27BrN4O5/c1-20(2,3)30-18(27)22-16-8-14(4-5-15(16)21)23-6-7-24(17(26)12-23)9-13-10-25(11-13)19(28)29/h4-5,8,13H,6-7,9-12H2,1-3H3,(H,22,27)(H,28,29). The van der Waals surface area contributed by atoms with Crippen molar-refractivity contribution >= 4 is 45.4 Å². The Morgan fingerprint density at radius 1 is 1.27 bits per heavy atom. The number of halogens is 1. The van der Waals surface area contributed by atoms with Gasteiger partial charge in [0, 0.05) is 48.8 Å². The smallest absolute Gasteiger partial charge is 0.412 e. The van der Waals surface area contributed by atoms with Gasteiger partial charge in [0.1, 0.15) is 5.60 Å². The summed E-state index contributed by atoms with van der Waals surface area (Å²) in [6, 6.07) is 5.53. The summed E-state index contributed by atoms with van der Waals surface area (Å²) in [5, 5.41) is 11.7. The highest BCUT2D eigenvalue weighted by atomic mass is 79.9. The SMILES string of the molecule is CC(C)(C)OC(=O)Nc1cc(N2CCN(CC3CN(C(=O)O)C3)C(=O)C2)ccc1Br. The molecule has 0 aliphatic carbocycles. The summed E-state index contributed by atoms with van der Waals surface area (Å²) in [6.07, 6.45) is -1.45. The fraction of sp³-hybridized carbons (Fsp3) is 0.550. The maximum absolute atomic E-state index is 12.6. The molecule has 2 saturated heterocycles. The fourth-order valence-corrected chi connectivity index (χ4v) is 3.84. The monoisotopic (exact) mass is 482 g/mol. The van der Waals surface area contributed by atoms with Crippen LogP contribution in [0.1, 0.15) is 20.8 Å². The number of ether oxygens (including phenoxy) is 1. The van der Waals surface area contributed by atoms with Gasteiger partial charge < -0.3 is 24.5 Å². The number of carboxylic acid groups (broad SMARTS) is 1. The van der Waals surface area contributed by atoms with E-state index < -0.39 is 17.8 Å². The van der Waals surface area contributed by atoms with E-state index in [2.05, 4.69) is 21.2 Å². The summed E-state index contributed by atoms with van der Waals surface area (Å²) in [5.41, 5.74) is 0.802. The number of hydrogen-bond acceptors (Lipinski definition) is 5. The van der Waals surface area contributed by atoms with Crippen LogP contribution in [0.3, 0.4) is 0 Å². The zero-order valence-electron chi connectivity index (χ0n) is 17.4. The van der Waals surface area contributed by atoms with Gasteiger partial charge in [-0.15, -0.1) is 0 Å². The average molecular weight is 483 g/mol. The van der Waals surface area contributed by atoms with Crippen LogP contribution in [-0.2, 0) is 9.53 Å². The number of nitrogens with one attached hydrogen (secondary N) is 1. The van der Waals surface area contributed by atoms with Crippen LogP contribution < -0.4 is 10.2 Å². The number of piperazine rings is 1. The van der Waals surface area contributed by atoms with Gasteiger partial charge in [0.2, 0.25) is 5.91 Å². The first kappa shape index (κ1) is 22.2. The van der Waals surface area contributed by atoms with Crippen molar-refractivity contribution in [2.45, 2.75) is 26.4 Å². The van der Waals surface area contributed by atoms with Crippen LogP contribution in [0.25, 0.3) is 0 Å². The summed E-state index contributed by atoms with van der Waals surface area (Å²) in [5.74, 6) is 0.216. The highest BCUT2D eigenvalue weighted by Gasteiger charge is 2.34. The molecule has 2 aliphatic rings. The molecule has 2 heterocycles. The van der Waals surface area contributed by atoms with Crippen LogP contribution >= 0.6 is 15.9 Å². The van der Waals surface area contributed by atoms with Gasteiger partial charge in [-0.2, -0.15) is 0 Å². The molecule has 0 radical (unpaired) electrons. The molecule has 0 spiro atoms. The Bertz CT molecular complexity index is 835. The molecule has 3 amide bonds. The number of hydrogen-bond donors (Lipinski definition) is 2. The van der Waals surface area contributed by atoms with Gasteiger partial charge in [-0.3, -0.25) is 10.1 Å². The van der Waals surface area contributed by atoms with Gasteiger partial charge in [-0.05, 0) is 54.9 Å². The topological polar surface area (TPSA) is 102 Å². The predicted octanol–water partition coefficient (Wildman–Crippen LogP) is 3.05. The average Bonchev–Trinajstić information content (AvgIpc) is 2.58. The number of benzene rings is 1. The predicted molar refractivity (Wildman–Crippen MR) is 116 cm³/mol. The maximum Gasteiger partial charge on any atom is 0.412 e. The van der Waals surface area contributed by atoms with E-state index in [1.807, 2.05) is 23.1 Å². The summed E-state index contributed by atoms with van der Waals surface area (Å²) >= 11 is 3.43. The van der Waals surface area contributed by atoms with Crippen molar-refractivity contribution in [1.82, 2.24) is 9.80 Å². The normalized spacial score (nSPS) is 17.6. The number of anilines is 2. The van der Waals surface area contributed by atoms with Gasteiger partial charge in [0.15, 0.2) is 0 Å². The Hall–Kier alpha value is -2.49. The van der Waals surface area contributed by atoms with Gasteiger partial charge >= 0.3 is 12.2 Å². The summed E-state index contributed by atoms with van der Waals surface area (Å²) < 4.78 is 6.02. The van der Waals surface area contributed by atoms with E-state index in [1.54, 1.807) is 25.7 Å². The first-order chi connectivity index (χ1) is 14.0. The van der Waals surface area contributed by atoms with Crippen molar-refractivity contribution in [3.05, 3.63) is 22.7 Å². The number of carbonyl (C=O) groups excluding carboxylic acids is 2. The lowest BCUT2D eigenvalue weighted by atomic mass is 10.00. The molecule has 10 heteroatoms. The third-order valence-electron chi connectivity index (χ3n) is 4.98. The van der Waals surface area contributed by atoms with Crippen LogP contribution in [-0.4, -0.2) is 77.9 Å². The van der Waals surface area contributed by atoms with Crippen LogP contribution in [0.5, 0.6) is 0 Å². The van der Waals surface area contributed by atoms with Gasteiger partial charge in [0.25, 0.3) is 0 Å². The third-order valence-corrected chi connectivity index (χ3v) is 5.67. The molecule has 9 nitrogen and oxygen atoms in total. The van der Waals surface area contributed by atoms with Crippen LogP contribution in [0.4, 0.5) is 21.0 Å². The van der Waals surface area contributed by atoms with E-state index in [0.717, 1.165) is 10.2 Å². The number of amides is 3. The second kappa shape index (κ2) is 8.71. The first-order valence-corrected chi connectivity index (χ1v) is 10.6. The number of carbonyl (C=O) groups is 3. The van der Waals surface area contributed by atoms with Gasteiger partial charge in [-0.25, -0.2) is 9.59 Å². The molecule has 2 fully saturated rings. The van der Waals surface area contributed by atoms with Crippen molar-refractivity contribution < 1.29 is 24.2 Å². The quantitative estimate of drug-likeness (QED) is 0.683.